The Kier molecular flexibility index (Phi) is 7.69. The highest BCUT2D eigenvalue weighted by atomic mass is 35.5. The molecule has 0 aliphatic carbocycles. The zero-order valence-electron chi connectivity index (χ0n) is 12.6. The third-order valence-electron chi connectivity index (χ3n) is 3.98. The topological polar surface area (TPSA) is 15.3 Å². The lowest BCUT2D eigenvalue weighted by molar-refractivity contribution is 0.223. The van der Waals surface area contributed by atoms with Crippen molar-refractivity contribution in [3.05, 3.63) is 28.2 Å². The molecule has 1 saturated heterocycles. The molecule has 0 aromatic heterocycles. The molecule has 1 N–H and O–H groups in total. The fourth-order valence-electron chi connectivity index (χ4n) is 2.68. The summed E-state index contributed by atoms with van der Waals surface area (Å²) in [6.07, 6.45) is 2.62. The van der Waals surface area contributed by atoms with Gasteiger partial charge in [0.2, 0.25) is 0 Å². The number of nitrogens with one attached hydrogen (secondary N) is 1. The Morgan fingerprint density at radius 3 is 2.76 bits per heavy atom. The van der Waals surface area contributed by atoms with Crippen LogP contribution in [-0.2, 0) is 0 Å². The normalized spacial score (nSPS) is 16.6. The summed E-state index contributed by atoms with van der Waals surface area (Å²) in [7, 11) is 0. The average Bonchev–Trinajstić information content (AvgIpc) is 2.50. The minimum atomic E-state index is 0.754. The van der Waals surface area contributed by atoms with Gasteiger partial charge < -0.3 is 10.2 Å². The number of hydrogen-bond donors (Lipinski definition) is 1. The minimum Gasteiger partial charge on any atom is -0.317 e. The largest absolute Gasteiger partial charge is 0.317 e. The summed E-state index contributed by atoms with van der Waals surface area (Å²) in [5.41, 5.74) is 0. The third-order valence-corrected chi connectivity index (χ3v) is 5.69. The second-order valence-electron chi connectivity index (χ2n) is 5.51. The molecule has 1 heterocycles. The van der Waals surface area contributed by atoms with E-state index in [-0.39, 0.29) is 0 Å². The number of hydrogen-bond acceptors (Lipinski definition) is 3. The van der Waals surface area contributed by atoms with Crippen molar-refractivity contribution < 1.29 is 0 Å². The maximum Gasteiger partial charge on any atom is 0.0542 e. The quantitative estimate of drug-likeness (QED) is 0.736. The maximum atomic E-state index is 6.20. The molecule has 0 saturated carbocycles. The highest BCUT2D eigenvalue weighted by Gasteiger charge is 2.16. The molecule has 0 amide bonds. The van der Waals surface area contributed by atoms with Crippen LogP contribution >= 0.6 is 35.0 Å². The Bertz CT molecular complexity index is 436. The molecule has 2 nitrogen and oxygen atoms in total. The maximum absolute atomic E-state index is 6.20. The van der Waals surface area contributed by atoms with Crippen LogP contribution in [0.15, 0.2) is 23.1 Å². The molecule has 5 heteroatoms. The first kappa shape index (κ1) is 17.4. The number of nitrogens with zero attached hydrogens (tertiary/aromatic N) is 1. The summed E-state index contributed by atoms with van der Waals surface area (Å²) in [5.74, 6) is 1.91. The minimum absolute atomic E-state index is 0.754. The molecule has 0 radical (unpaired) electrons. The van der Waals surface area contributed by atoms with Crippen LogP contribution < -0.4 is 5.32 Å². The molecule has 1 fully saturated rings. The van der Waals surface area contributed by atoms with Gasteiger partial charge >= 0.3 is 0 Å². The highest BCUT2D eigenvalue weighted by molar-refractivity contribution is 7.99. The number of thioether (sulfide) groups is 1. The van der Waals surface area contributed by atoms with Crippen LogP contribution in [0.25, 0.3) is 0 Å². The van der Waals surface area contributed by atoms with E-state index in [0.717, 1.165) is 39.7 Å². The van der Waals surface area contributed by atoms with Crippen molar-refractivity contribution >= 4 is 35.0 Å². The first-order valence-electron chi connectivity index (χ1n) is 7.70. The summed E-state index contributed by atoms with van der Waals surface area (Å²) in [6.45, 7) is 8.05. The van der Waals surface area contributed by atoms with Gasteiger partial charge in [-0.3, -0.25) is 0 Å². The molecule has 0 spiro atoms. The predicted molar refractivity (Wildman–Crippen MR) is 94.9 cm³/mol. The van der Waals surface area contributed by atoms with Gasteiger partial charge in [0.05, 0.1) is 5.02 Å². The van der Waals surface area contributed by atoms with E-state index >= 15 is 0 Å². The second-order valence-corrected chi connectivity index (χ2v) is 7.49. The monoisotopic (exact) mass is 346 g/mol. The van der Waals surface area contributed by atoms with Crippen LogP contribution in [0.3, 0.4) is 0 Å². The first-order chi connectivity index (χ1) is 10.2. The van der Waals surface area contributed by atoms with Gasteiger partial charge in [-0.05, 0) is 56.6 Å². The van der Waals surface area contributed by atoms with Crippen LogP contribution in [0.2, 0.25) is 10.0 Å². The number of halogens is 2. The van der Waals surface area contributed by atoms with Gasteiger partial charge in [0.1, 0.15) is 0 Å². The molecule has 1 aromatic carbocycles. The Labute approximate surface area is 142 Å². The summed E-state index contributed by atoms with van der Waals surface area (Å²) in [4.78, 5) is 3.64. The van der Waals surface area contributed by atoms with Gasteiger partial charge in [-0.15, -0.1) is 11.8 Å². The molecule has 1 aliphatic rings. The number of benzene rings is 1. The van der Waals surface area contributed by atoms with Gasteiger partial charge in [0.15, 0.2) is 0 Å². The Hall–Kier alpha value is 0.0700. The molecule has 0 atom stereocenters. The van der Waals surface area contributed by atoms with E-state index < -0.39 is 0 Å². The van der Waals surface area contributed by atoms with Gasteiger partial charge in [0.25, 0.3) is 0 Å². The fourth-order valence-corrected chi connectivity index (χ4v) is 4.18. The van der Waals surface area contributed by atoms with Gasteiger partial charge in [-0.1, -0.05) is 30.1 Å². The van der Waals surface area contributed by atoms with E-state index in [2.05, 4.69) is 17.1 Å². The summed E-state index contributed by atoms with van der Waals surface area (Å²) in [6, 6.07) is 5.67. The van der Waals surface area contributed by atoms with E-state index in [0.29, 0.717) is 0 Å². The van der Waals surface area contributed by atoms with Crippen molar-refractivity contribution in [2.45, 2.75) is 24.7 Å². The molecular formula is C16H24Cl2N2S. The van der Waals surface area contributed by atoms with E-state index in [4.69, 9.17) is 23.2 Å². The van der Waals surface area contributed by atoms with Crippen LogP contribution in [0.1, 0.15) is 19.8 Å². The van der Waals surface area contributed by atoms with Crippen molar-refractivity contribution in [1.29, 1.82) is 0 Å². The predicted octanol–water partition coefficient (Wildman–Crippen LogP) is 4.41. The average molecular weight is 347 g/mol. The molecule has 0 unspecified atom stereocenters. The van der Waals surface area contributed by atoms with Crippen molar-refractivity contribution in [1.82, 2.24) is 10.2 Å². The molecule has 2 rings (SSSR count). The number of rotatable bonds is 7. The molecular weight excluding hydrogens is 323 g/mol. The molecule has 1 aromatic rings. The molecule has 0 bridgehead atoms. The smallest absolute Gasteiger partial charge is 0.0542 e. The van der Waals surface area contributed by atoms with E-state index in [1.807, 2.05) is 18.2 Å². The lowest BCUT2D eigenvalue weighted by Gasteiger charge is -2.29. The Morgan fingerprint density at radius 1 is 1.29 bits per heavy atom. The van der Waals surface area contributed by atoms with E-state index in [1.165, 1.54) is 32.5 Å². The zero-order valence-corrected chi connectivity index (χ0v) is 14.9. The SMILES string of the molecule is CCN(CCSc1cc(Cl)ccc1Cl)CC1CCNCC1. The molecule has 21 heavy (non-hydrogen) atoms. The van der Waals surface area contributed by atoms with Gasteiger partial charge in [-0.25, -0.2) is 0 Å². The number of piperidine rings is 1. The van der Waals surface area contributed by atoms with Crippen molar-refractivity contribution in [2.75, 3.05) is 38.5 Å². The van der Waals surface area contributed by atoms with Crippen LogP contribution in [0.5, 0.6) is 0 Å². The van der Waals surface area contributed by atoms with Gasteiger partial charge in [-0.2, -0.15) is 0 Å². The van der Waals surface area contributed by atoms with Gasteiger partial charge in [0, 0.05) is 28.8 Å². The van der Waals surface area contributed by atoms with Crippen LogP contribution in [0, 0.1) is 5.92 Å². The molecule has 1 aliphatic heterocycles. The zero-order chi connectivity index (χ0) is 15.1. The Morgan fingerprint density at radius 2 is 2.05 bits per heavy atom. The highest BCUT2D eigenvalue weighted by Crippen LogP contribution is 2.29. The summed E-state index contributed by atoms with van der Waals surface area (Å²) < 4.78 is 0. The van der Waals surface area contributed by atoms with Crippen LogP contribution in [0.4, 0.5) is 0 Å². The summed E-state index contributed by atoms with van der Waals surface area (Å²) >= 11 is 14.0. The van der Waals surface area contributed by atoms with Crippen LogP contribution in [-0.4, -0.2) is 43.4 Å². The van der Waals surface area contributed by atoms with Crippen molar-refractivity contribution in [3.63, 3.8) is 0 Å². The Balaban J connectivity index is 1.76. The van der Waals surface area contributed by atoms with E-state index in [9.17, 15) is 0 Å². The summed E-state index contributed by atoms with van der Waals surface area (Å²) in [5, 5.41) is 4.98. The molecule has 118 valence electrons. The standard InChI is InChI=1S/C16H24Cl2N2S/c1-2-20(12-13-5-7-19-8-6-13)9-10-21-16-11-14(17)3-4-15(16)18/h3-4,11,13,19H,2,5-10,12H2,1H3. The fraction of sp³-hybridized carbons (Fsp3) is 0.625. The van der Waals surface area contributed by atoms with Crippen molar-refractivity contribution in [3.8, 4) is 0 Å². The third kappa shape index (κ3) is 5.99. The lowest BCUT2D eigenvalue weighted by Crippen LogP contribution is -2.37. The van der Waals surface area contributed by atoms with Crippen molar-refractivity contribution in [2.24, 2.45) is 5.92 Å². The van der Waals surface area contributed by atoms with E-state index in [1.54, 1.807) is 11.8 Å². The lowest BCUT2D eigenvalue weighted by atomic mass is 9.97. The first-order valence-corrected chi connectivity index (χ1v) is 9.44. The second kappa shape index (κ2) is 9.26.